The van der Waals surface area contributed by atoms with Crippen LogP contribution < -0.4 is 5.32 Å². The van der Waals surface area contributed by atoms with Crippen molar-refractivity contribution in [2.45, 2.75) is 43.8 Å². The Hall–Kier alpha value is -0.860. The number of nitrogens with zero attached hydrogens (tertiary/aromatic N) is 1. The van der Waals surface area contributed by atoms with E-state index in [1.807, 2.05) is 0 Å². The van der Waals surface area contributed by atoms with Crippen LogP contribution in [0.4, 0.5) is 0 Å². The number of rotatable bonds is 4. The summed E-state index contributed by atoms with van der Waals surface area (Å²) in [5, 5.41) is 3.93. The Bertz CT molecular complexity index is 411. The van der Waals surface area contributed by atoms with Crippen LogP contribution in [-0.4, -0.2) is 29.6 Å². The maximum Gasteiger partial charge on any atom is 0.0234 e. The molecule has 2 heteroatoms. The van der Waals surface area contributed by atoms with E-state index < -0.39 is 0 Å². The molecule has 4 aliphatic rings. The lowest BCUT2D eigenvalue weighted by atomic mass is 9.49. The summed E-state index contributed by atoms with van der Waals surface area (Å²) in [6.45, 7) is 3.61. The van der Waals surface area contributed by atoms with E-state index in [0.29, 0.717) is 5.54 Å². The Morgan fingerprint density at radius 2 is 1.94 bits per heavy atom. The second kappa shape index (κ2) is 4.07. The summed E-state index contributed by atoms with van der Waals surface area (Å²) in [6.07, 6.45) is 5.71. The average Bonchev–Trinajstić information content (AvgIpc) is 2.71. The summed E-state index contributed by atoms with van der Waals surface area (Å²) in [5.74, 6) is 1.08. The van der Waals surface area contributed by atoms with Gasteiger partial charge in [0.2, 0.25) is 0 Å². The fourth-order valence-electron chi connectivity index (χ4n) is 4.02. The van der Waals surface area contributed by atoms with Gasteiger partial charge in [-0.3, -0.25) is 4.90 Å². The number of nitrogens with one attached hydrogen (secondary N) is 1. The fourth-order valence-corrected chi connectivity index (χ4v) is 4.02. The molecule has 3 aliphatic carbocycles. The highest BCUT2D eigenvalue weighted by Crippen LogP contribution is 2.57. The van der Waals surface area contributed by atoms with Crippen LogP contribution in [0.1, 0.15) is 31.2 Å². The molecule has 5 rings (SSSR count). The van der Waals surface area contributed by atoms with Crippen LogP contribution in [0, 0.1) is 5.92 Å². The number of likely N-dealkylation sites (tertiary alicyclic amines) is 1. The van der Waals surface area contributed by atoms with Crippen molar-refractivity contribution >= 4 is 0 Å². The van der Waals surface area contributed by atoms with Crippen molar-refractivity contribution in [1.29, 1.82) is 0 Å². The third kappa shape index (κ3) is 1.88. The molecule has 0 amide bonds. The molecule has 1 heterocycles. The molecule has 1 unspecified atom stereocenters. The Morgan fingerprint density at radius 1 is 1.17 bits per heavy atom. The molecular weight excluding hydrogens is 220 g/mol. The quantitative estimate of drug-likeness (QED) is 0.872. The summed E-state index contributed by atoms with van der Waals surface area (Å²) in [4.78, 5) is 2.60. The maximum absolute atomic E-state index is 3.93. The Balaban J connectivity index is 1.30. The van der Waals surface area contributed by atoms with Crippen LogP contribution in [0.3, 0.4) is 0 Å². The summed E-state index contributed by atoms with van der Waals surface area (Å²) in [7, 11) is 0. The van der Waals surface area contributed by atoms with Gasteiger partial charge in [0.05, 0.1) is 0 Å². The lowest BCUT2D eigenvalue weighted by molar-refractivity contribution is -0.0580. The fraction of sp³-hybridized carbons (Fsp3) is 0.625. The molecule has 18 heavy (non-hydrogen) atoms. The lowest BCUT2D eigenvalue weighted by Gasteiger charge is -2.63. The van der Waals surface area contributed by atoms with Crippen LogP contribution in [0.2, 0.25) is 0 Å². The van der Waals surface area contributed by atoms with Gasteiger partial charge in [-0.2, -0.15) is 0 Å². The molecule has 2 bridgehead atoms. The van der Waals surface area contributed by atoms with Gasteiger partial charge in [0.15, 0.2) is 0 Å². The van der Waals surface area contributed by atoms with E-state index in [1.54, 1.807) is 0 Å². The van der Waals surface area contributed by atoms with E-state index in [-0.39, 0.29) is 0 Å². The van der Waals surface area contributed by atoms with Gasteiger partial charge < -0.3 is 5.32 Å². The van der Waals surface area contributed by atoms with Crippen LogP contribution >= 0.6 is 0 Å². The van der Waals surface area contributed by atoms with Gasteiger partial charge >= 0.3 is 0 Å². The second-order valence-corrected chi connectivity index (χ2v) is 6.61. The van der Waals surface area contributed by atoms with Crippen molar-refractivity contribution < 1.29 is 0 Å². The van der Waals surface area contributed by atoms with E-state index in [9.17, 15) is 0 Å². The van der Waals surface area contributed by atoms with Crippen molar-refractivity contribution in [1.82, 2.24) is 10.2 Å². The molecule has 0 radical (unpaired) electrons. The molecule has 1 aromatic carbocycles. The molecule has 2 nitrogen and oxygen atoms in total. The molecule has 1 saturated heterocycles. The summed E-state index contributed by atoms with van der Waals surface area (Å²) in [6, 6.07) is 11.6. The van der Waals surface area contributed by atoms with Crippen LogP contribution in [0.15, 0.2) is 30.3 Å². The molecule has 1 atom stereocenters. The largest absolute Gasteiger partial charge is 0.307 e. The molecule has 0 aromatic heterocycles. The average molecular weight is 242 g/mol. The first-order valence-corrected chi connectivity index (χ1v) is 7.35. The first-order valence-electron chi connectivity index (χ1n) is 7.35. The van der Waals surface area contributed by atoms with Gasteiger partial charge in [-0.25, -0.2) is 0 Å². The normalized spacial score (nSPS) is 38.2. The number of hydrogen-bond acceptors (Lipinski definition) is 2. The first kappa shape index (κ1) is 11.0. The maximum atomic E-state index is 3.93. The summed E-state index contributed by atoms with van der Waals surface area (Å²) in [5.41, 5.74) is 2.04. The van der Waals surface area contributed by atoms with Gasteiger partial charge in [0.25, 0.3) is 0 Å². The highest BCUT2D eigenvalue weighted by molar-refractivity contribution is 5.16. The van der Waals surface area contributed by atoms with Gasteiger partial charge in [-0.15, -0.1) is 0 Å². The number of hydrogen-bond donors (Lipinski definition) is 1. The zero-order chi connectivity index (χ0) is 12.0. The van der Waals surface area contributed by atoms with Crippen molar-refractivity contribution in [2.75, 3.05) is 13.1 Å². The highest BCUT2D eigenvalue weighted by atomic mass is 15.2. The molecule has 1 N–H and O–H groups in total. The summed E-state index contributed by atoms with van der Waals surface area (Å²) < 4.78 is 0. The van der Waals surface area contributed by atoms with Crippen molar-refractivity contribution in [2.24, 2.45) is 5.92 Å². The highest BCUT2D eigenvalue weighted by Gasteiger charge is 2.57. The van der Waals surface area contributed by atoms with Crippen molar-refractivity contribution in [3.63, 3.8) is 0 Å². The van der Waals surface area contributed by atoms with E-state index in [4.69, 9.17) is 0 Å². The van der Waals surface area contributed by atoms with Crippen molar-refractivity contribution in [3.05, 3.63) is 35.9 Å². The minimum Gasteiger partial charge on any atom is -0.307 e. The predicted octanol–water partition coefficient (Wildman–Crippen LogP) is 2.40. The van der Waals surface area contributed by atoms with Crippen LogP contribution in [-0.2, 0) is 6.54 Å². The van der Waals surface area contributed by atoms with Gasteiger partial charge in [-0.1, -0.05) is 30.3 Å². The minimum absolute atomic E-state index is 0.595. The van der Waals surface area contributed by atoms with E-state index in [2.05, 4.69) is 40.5 Å². The van der Waals surface area contributed by atoms with E-state index in [0.717, 1.165) is 18.5 Å². The zero-order valence-corrected chi connectivity index (χ0v) is 10.9. The SMILES string of the molecule is c1ccc(CN2CCC(NC34CC(C3)C4)C2)cc1. The topological polar surface area (TPSA) is 15.3 Å². The molecule has 4 fully saturated rings. The van der Waals surface area contributed by atoms with Crippen molar-refractivity contribution in [3.8, 4) is 0 Å². The minimum atomic E-state index is 0.595. The molecule has 1 aromatic rings. The smallest absolute Gasteiger partial charge is 0.0234 e. The monoisotopic (exact) mass is 242 g/mol. The number of benzene rings is 1. The predicted molar refractivity (Wildman–Crippen MR) is 73.3 cm³/mol. The zero-order valence-electron chi connectivity index (χ0n) is 10.9. The first-order chi connectivity index (χ1) is 8.81. The molecule has 3 saturated carbocycles. The lowest BCUT2D eigenvalue weighted by Crippen LogP contribution is -2.69. The van der Waals surface area contributed by atoms with E-state index >= 15 is 0 Å². The Kier molecular flexibility index (Phi) is 2.49. The third-order valence-corrected chi connectivity index (χ3v) is 5.07. The Morgan fingerprint density at radius 3 is 2.61 bits per heavy atom. The van der Waals surface area contributed by atoms with Crippen LogP contribution in [0.5, 0.6) is 0 Å². The molecular formula is C16H22N2. The van der Waals surface area contributed by atoms with Crippen LogP contribution in [0.25, 0.3) is 0 Å². The van der Waals surface area contributed by atoms with Gasteiger partial charge in [-0.05, 0) is 37.2 Å². The van der Waals surface area contributed by atoms with Gasteiger partial charge in [0.1, 0.15) is 0 Å². The van der Waals surface area contributed by atoms with E-state index in [1.165, 1.54) is 44.3 Å². The third-order valence-electron chi connectivity index (χ3n) is 5.07. The Labute approximate surface area is 109 Å². The second-order valence-electron chi connectivity index (χ2n) is 6.61. The van der Waals surface area contributed by atoms with Gasteiger partial charge in [0, 0.05) is 31.2 Å². The molecule has 0 spiro atoms. The summed E-state index contributed by atoms with van der Waals surface area (Å²) >= 11 is 0. The molecule has 96 valence electrons. The standard InChI is InChI=1S/C16H22N2/c1-2-4-13(5-3-1)11-18-7-6-15(12-18)17-16-8-14(9-16)10-16/h1-5,14-15,17H,6-12H2. The molecule has 1 aliphatic heterocycles.